The van der Waals surface area contributed by atoms with E-state index < -0.39 is 0 Å². The van der Waals surface area contributed by atoms with Crippen molar-refractivity contribution in [2.24, 2.45) is 0 Å². The first-order valence-electron chi connectivity index (χ1n) is 11.7. The Kier molecular flexibility index (Phi) is 6.54. The standard InChI is InChI=1S/C26H36O4/c1-5-18-11-21(9-10-24(18)29-16-22-14-27-22)26(8-4)12-19(6-2)25(20(7-3)13-26)30-17-23-15-28-23/h9-12,22-23H,5-8,13-17H2,1-4H3. The Morgan fingerprint density at radius 2 is 1.63 bits per heavy atom. The quantitative estimate of drug-likeness (QED) is 0.451. The summed E-state index contributed by atoms with van der Waals surface area (Å²) in [4.78, 5) is 0. The van der Waals surface area contributed by atoms with E-state index in [1.165, 1.54) is 22.3 Å². The lowest BCUT2D eigenvalue weighted by Crippen LogP contribution is -2.29. The van der Waals surface area contributed by atoms with Crippen LogP contribution < -0.4 is 4.74 Å². The number of ether oxygens (including phenoxy) is 4. The third-order valence-corrected chi connectivity index (χ3v) is 6.69. The van der Waals surface area contributed by atoms with E-state index in [9.17, 15) is 0 Å². The normalized spacial score (nSPS) is 27.7. The highest BCUT2D eigenvalue weighted by molar-refractivity contribution is 5.48. The minimum absolute atomic E-state index is 0.0156. The lowest BCUT2D eigenvalue weighted by atomic mass is 9.68. The van der Waals surface area contributed by atoms with Gasteiger partial charge in [0.05, 0.1) is 13.2 Å². The van der Waals surface area contributed by atoms with Crippen molar-refractivity contribution < 1.29 is 18.9 Å². The van der Waals surface area contributed by atoms with E-state index in [0.717, 1.165) is 56.8 Å². The second kappa shape index (κ2) is 9.15. The van der Waals surface area contributed by atoms with Crippen LogP contribution in [0.3, 0.4) is 0 Å². The molecule has 1 aliphatic carbocycles. The molecule has 30 heavy (non-hydrogen) atoms. The number of hydrogen-bond donors (Lipinski definition) is 0. The van der Waals surface area contributed by atoms with Crippen LogP contribution in [0.2, 0.25) is 0 Å². The van der Waals surface area contributed by atoms with Crippen LogP contribution in [0.1, 0.15) is 64.5 Å². The predicted octanol–water partition coefficient (Wildman–Crippen LogP) is 5.49. The van der Waals surface area contributed by atoms with E-state index in [0.29, 0.717) is 13.2 Å². The topological polar surface area (TPSA) is 43.5 Å². The van der Waals surface area contributed by atoms with Crippen LogP contribution in [0.15, 0.2) is 41.2 Å². The highest BCUT2D eigenvalue weighted by Crippen LogP contribution is 2.45. The average Bonchev–Trinajstić information content (AvgIpc) is 3.70. The highest BCUT2D eigenvalue weighted by atomic mass is 16.6. The van der Waals surface area contributed by atoms with Gasteiger partial charge in [-0.1, -0.05) is 45.9 Å². The summed E-state index contributed by atoms with van der Waals surface area (Å²) >= 11 is 0. The van der Waals surface area contributed by atoms with Gasteiger partial charge in [0.15, 0.2) is 0 Å². The third-order valence-electron chi connectivity index (χ3n) is 6.69. The highest BCUT2D eigenvalue weighted by Gasteiger charge is 2.36. The SMILES string of the molecule is CCC1=CC(CC)(c2ccc(OCC3CO3)c(CC)c2)CC(CC)=C1OCC1CO1. The van der Waals surface area contributed by atoms with E-state index in [1.54, 1.807) is 0 Å². The van der Waals surface area contributed by atoms with E-state index in [2.05, 4.69) is 52.0 Å². The maximum Gasteiger partial charge on any atom is 0.122 e. The molecule has 0 radical (unpaired) electrons. The summed E-state index contributed by atoms with van der Waals surface area (Å²) in [5.41, 5.74) is 5.45. The van der Waals surface area contributed by atoms with Crippen LogP contribution in [0.25, 0.3) is 0 Å². The Bertz CT molecular complexity index is 816. The molecule has 4 rings (SSSR count). The van der Waals surface area contributed by atoms with Crippen molar-refractivity contribution in [3.05, 3.63) is 52.3 Å². The molecular formula is C26H36O4. The fourth-order valence-corrected chi connectivity index (χ4v) is 4.49. The largest absolute Gasteiger partial charge is 0.491 e. The van der Waals surface area contributed by atoms with Crippen molar-refractivity contribution in [1.29, 1.82) is 0 Å². The molecule has 3 unspecified atom stereocenters. The third kappa shape index (κ3) is 4.60. The molecule has 0 spiro atoms. The van der Waals surface area contributed by atoms with Gasteiger partial charge in [0, 0.05) is 5.41 Å². The fraction of sp³-hybridized carbons (Fsp3) is 0.615. The van der Waals surface area contributed by atoms with Crippen molar-refractivity contribution >= 4 is 0 Å². The molecule has 1 aromatic carbocycles. The van der Waals surface area contributed by atoms with Gasteiger partial charge < -0.3 is 18.9 Å². The second-order valence-electron chi connectivity index (χ2n) is 8.70. The summed E-state index contributed by atoms with van der Waals surface area (Å²) in [6.07, 6.45) is 8.10. The molecule has 3 atom stereocenters. The Balaban J connectivity index is 1.62. The minimum atomic E-state index is 0.0156. The van der Waals surface area contributed by atoms with Crippen molar-refractivity contribution in [2.75, 3.05) is 26.4 Å². The molecule has 0 bridgehead atoms. The lowest BCUT2D eigenvalue weighted by Gasteiger charge is -2.37. The Morgan fingerprint density at radius 3 is 2.20 bits per heavy atom. The van der Waals surface area contributed by atoms with Crippen molar-refractivity contribution in [3.8, 4) is 5.75 Å². The van der Waals surface area contributed by atoms with Crippen molar-refractivity contribution in [3.63, 3.8) is 0 Å². The van der Waals surface area contributed by atoms with Crippen LogP contribution in [0.4, 0.5) is 0 Å². The summed E-state index contributed by atoms with van der Waals surface area (Å²) in [6.45, 7) is 12.0. The molecule has 2 aliphatic heterocycles. The van der Waals surface area contributed by atoms with Crippen molar-refractivity contribution in [1.82, 2.24) is 0 Å². The summed E-state index contributed by atoms with van der Waals surface area (Å²) < 4.78 is 23.0. The fourth-order valence-electron chi connectivity index (χ4n) is 4.49. The monoisotopic (exact) mass is 412 g/mol. The lowest BCUT2D eigenvalue weighted by molar-refractivity contribution is 0.180. The molecule has 0 aromatic heterocycles. The zero-order valence-electron chi connectivity index (χ0n) is 19.0. The minimum Gasteiger partial charge on any atom is -0.491 e. The van der Waals surface area contributed by atoms with Crippen LogP contribution >= 0.6 is 0 Å². The Hall–Kier alpha value is -1.78. The number of aryl methyl sites for hydroxylation is 1. The van der Waals surface area contributed by atoms with E-state index in [1.807, 2.05) is 0 Å². The van der Waals surface area contributed by atoms with Gasteiger partial charge in [-0.25, -0.2) is 0 Å². The maximum absolute atomic E-state index is 6.27. The second-order valence-corrected chi connectivity index (χ2v) is 8.70. The maximum atomic E-state index is 6.27. The molecule has 2 heterocycles. The summed E-state index contributed by atoms with van der Waals surface area (Å²) in [6, 6.07) is 6.80. The van der Waals surface area contributed by atoms with Gasteiger partial charge in [-0.3, -0.25) is 0 Å². The van der Waals surface area contributed by atoms with Gasteiger partial charge >= 0.3 is 0 Å². The van der Waals surface area contributed by atoms with E-state index in [-0.39, 0.29) is 17.6 Å². The van der Waals surface area contributed by atoms with Crippen LogP contribution in [-0.4, -0.2) is 38.6 Å². The van der Waals surface area contributed by atoms with Gasteiger partial charge in [-0.05, 0) is 60.4 Å². The van der Waals surface area contributed by atoms with E-state index >= 15 is 0 Å². The molecule has 0 saturated carbocycles. The molecule has 3 aliphatic rings. The molecule has 0 N–H and O–H groups in total. The first kappa shape index (κ1) is 21.5. The summed E-state index contributed by atoms with van der Waals surface area (Å²) in [5.74, 6) is 2.12. The van der Waals surface area contributed by atoms with E-state index in [4.69, 9.17) is 18.9 Å². The number of benzene rings is 1. The van der Waals surface area contributed by atoms with Gasteiger partial charge in [0.2, 0.25) is 0 Å². The Morgan fingerprint density at radius 1 is 0.933 bits per heavy atom. The predicted molar refractivity (Wildman–Crippen MR) is 119 cm³/mol. The van der Waals surface area contributed by atoms with Gasteiger partial charge in [-0.2, -0.15) is 0 Å². The van der Waals surface area contributed by atoms with Gasteiger partial charge in [0.1, 0.15) is 36.9 Å². The first-order valence-corrected chi connectivity index (χ1v) is 11.7. The number of epoxide rings is 2. The molecule has 164 valence electrons. The zero-order chi connectivity index (χ0) is 21.1. The molecule has 2 saturated heterocycles. The van der Waals surface area contributed by atoms with Crippen LogP contribution in [-0.2, 0) is 26.0 Å². The molecule has 0 amide bonds. The Labute approximate surface area is 181 Å². The summed E-state index contributed by atoms with van der Waals surface area (Å²) in [7, 11) is 0. The van der Waals surface area contributed by atoms with Gasteiger partial charge in [-0.15, -0.1) is 0 Å². The zero-order valence-corrected chi connectivity index (χ0v) is 19.0. The average molecular weight is 413 g/mol. The number of hydrogen-bond acceptors (Lipinski definition) is 4. The molecule has 4 nitrogen and oxygen atoms in total. The molecular weight excluding hydrogens is 376 g/mol. The molecule has 2 fully saturated rings. The van der Waals surface area contributed by atoms with Crippen molar-refractivity contribution in [2.45, 2.75) is 77.4 Å². The number of rotatable bonds is 11. The number of allylic oxidation sites excluding steroid dienone is 3. The van der Waals surface area contributed by atoms with Gasteiger partial charge in [0.25, 0.3) is 0 Å². The van der Waals surface area contributed by atoms with Crippen LogP contribution in [0.5, 0.6) is 5.75 Å². The van der Waals surface area contributed by atoms with Crippen LogP contribution in [0, 0.1) is 0 Å². The molecule has 1 aromatic rings. The first-order chi connectivity index (χ1) is 14.6. The summed E-state index contributed by atoms with van der Waals surface area (Å²) in [5, 5.41) is 0. The smallest absolute Gasteiger partial charge is 0.122 e. The molecule has 4 heteroatoms.